The minimum Gasteiger partial charge on any atom is -0.378 e. The van der Waals surface area contributed by atoms with E-state index in [-0.39, 0.29) is 5.91 Å². The van der Waals surface area contributed by atoms with Crippen LogP contribution >= 0.6 is 11.8 Å². The van der Waals surface area contributed by atoms with E-state index in [0.717, 1.165) is 5.56 Å². The molecule has 0 bridgehead atoms. The summed E-state index contributed by atoms with van der Waals surface area (Å²) in [4.78, 5) is 22.7. The molecule has 1 amide bonds. The highest BCUT2D eigenvalue weighted by molar-refractivity contribution is 8.00. The van der Waals surface area contributed by atoms with Gasteiger partial charge in [-0.3, -0.25) is 4.79 Å². The molecule has 0 aliphatic carbocycles. The maximum absolute atomic E-state index is 12.3. The maximum atomic E-state index is 12.3. The number of rotatable bonds is 5. The summed E-state index contributed by atoms with van der Waals surface area (Å²) in [5.74, 6) is 0.402. The molecule has 3 aromatic rings. The van der Waals surface area contributed by atoms with Crippen molar-refractivity contribution in [2.75, 3.05) is 32.1 Å². The van der Waals surface area contributed by atoms with Gasteiger partial charge in [-0.15, -0.1) is 5.10 Å². The number of ether oxygens (including phenoxy) is 1. The lowest BCUT2D eigenvalue weighted by molar-refractivity contribution is -0.132. The van der Waals surface area contributed by atoms with Gasteiger partial charge in [-0.05, 0) is 5.56 Å². The number of amides is 1. The smallest absolute Gasteiger partial charge is 0.233 e. The first-order valence-corrected chi connectivity index (χ1v) is 9.36. The molecule has 1 saturated heterocycles. The lowest BCUT2D eigenvalue weighted by Crippen LogP contribution is -2.41. The zero-order valence-electron chi connectivity index (χ0n) is 14.1. The molecular formula is C17H18N6O2S. The van der Waals surface area contributed by atoms with E-state index in [1.165, 1.54) is 18.1 Å². The Hall–Kier alpha value is -2.52. The second-order valence-electron chi connectivity index (χ2n) is 5.87. The Bertz CT molecular complexity index is 895. The summed E-state index contributed by atoms with van der Waals surface area (Å²) in [5, 5.41) is 9.11. The first-order valence-electron chi connectivity index (χ1n) is 8.38. The summed E-state index contributed by atoms with van der Waals surface area (Å²) in [7, 11) is 0. The molecule has 134 valence electrons. The number of fused-ring (bicyclic) bond motifs is 1. The van der Waals surface area contributed by atoms with Crippen molar-refractivity contribution in [1.29, 1.82) is 0 Å². The molecule has 0 radical (unpaired) electrons. The van der Waals surface area contributed by atoms with Gasteiger partial charge in [-0.1, -0.05) is 47.3 Å². The number of morpholine rings is 1. The number of carbonyl (C=O) groups excluding carboxylic acids is 1. The zero-order valence-corrected chi connectivity index (χ0v) is 14.9. The molecule has 1 fully saturated rings. The van der Waals surface area contributed by atoms with Crippen molar-refractivity contribution in [2.24, 2.45) is 0 Å². The highest BCUT2D eigenvalue weighted by atomic mass is 32.2. The summed E-state index contributed by atoms with van der Waals surface area (Å²) >= 11 is 1.37. The van der Waals surface area contributed by atoms with Gasteiger partial charge < -0.3 is 9.64 Å². The summed E-state index contributed by atoms with van der Waals surface area (Å²) in [5.41, 5.74) is 2.42. The van der Waals surface area contributed by atoms with Crippen LogP contribution in [0.3, 0.4) is 0 Å². The van der Waals surface area contributed by atoms with Crippen molar-refractivity contribution >= 4 is 28.8 Å². The van der Waals surface area contributed by atoms with Gasteiger partial charge >= 0.3 is 0 Å². The second kappa shape index (κ2) is 7.79. The number of carbonyl (C=O) groups is 1. The molecule has 0 spiro atoms. The highest BCUT2D eigenvalue weighted by Crippen LogP contribution is 2.23. The fraction of sp³-hybridized carbons (Fsp3) is 0.353. The van der Waals surface area contributed by atoms with Crippen LogP contribution in [0, 0.1) is 0 Å². The van der Waals surface area contributed by atoms with Crippen LogP contribution < -0.4 is 0 Å². The molecule has 1 aliphatic rings. The van der Waals surface area contributed by atoms with Crippen molar-refractivity contribution < 1.29 is 9.53 Å². The van der Waals surface area contributed by atoms with Crippen molar-refractivity contribution in [3.63, 3.8) is 0 Å². The van der Waals surface area contributed by atoms with Crippen molar-refractivity contribution in [2.45, 2.75) is 11.6 Å². The van der Waals surface area contributed by atoms with Crippen LogP contribution in [0.25, 0.3) is 11.2 Å². The van der Waals surface area contributed by atoms with Gasteiger partial charge in [0.2, 0.25) is 5.91 Å². The van der Waals surface area contributed by atoms with Crippen LogP contribution in [0.1, 0.15) is 5.56 Å². The SMILES string of the molecule is O=C(CSc1ncnc2c1nnn2Cc1ccccc1)N1CCOCC1. The van der Waals surface area contributed by atoms with Gasteiger partial charge in [0.25, 0.3) is 0 Å². The van der Waals surface area contributed by atoms with E-state index < -0.39 is 0 Å². The Morgan fingerprint density at radius 2 is 1.96 bits per heavy atom. The number of nitrogens with zero attached hydrogens (tertiary/aromatic N) is 6. The van der Waals surface area contributed by atoms with Gasteiger partial charge in [0.1, 0.15) is 11.4 Å². The third-order valence-electron chi connectivity index (χ3n) is 4.14. The van der Waals surface area contributed by atoms with Gasteiger partial charge in [-0.2, -0.15) is 0 Å². The van der Waals surface area contributed by atoms with Crippen LogP contribution in [-0.4, -0.2) is 67.8 Å². The molecule has 0 N–H and O–H groups in total. The average Bonchev–Trinajstić information content (AvgIpc) is 3.11. The number of hydrogen-bond donors (Lipinski definition) is 0. The number of thioether (sulfide) groups is 1. The van der Waals surface area contributed by atoms with Crippen LogP contribution in [0.5, 0.6) is 0 Å². The molecule has 0 saturated carbocycles. The van der Waals surface area contributed by atoms with Crippen LogP contribution in [-0.2, 0) is 16.1 Å². The molecule has 26 heavy (non-hydrogen) atoms. The van der Waals surface area contributed by atoms with Gasteiger partial charge in [0.15, 0.2) is 11.2 Å². The Morgan fingerprint density at radius 1 is 1.15 bits per heavy atom. The molecular weight excluding hydrogens is 352 g/mol. The third kappa shape index (κ3) is 3.68. The normalized spacial score (nSPS) is 14.7. The van der Waals surface area contributed by atoms with E-state index in [9.17, 15) is 4.79 Å². The molecule has 9 heteroatoms. The monoisotopic (exact) mass is 370 g/mol. The fourth-order valence-corrected chi connectivity index (χ4v) is 3.61. The Balaban J connectivity index is 1.48. The molecule has 1 aliphatic heterocycles. The summed E-state index contributed by atoms with van der Waals surface area (Å²) in [6, 6.07) is 10.0. The molecule has 1 aromatic carbocycles. The van der Waals surface area contributed by atoms with E-state index in [2.05, 4.69) is 20.3 Å². The molecule has 2 aromatic heterocycles. The highest BCUT2D eigenvalue weighted by Gasteiger charge is 2.19. The van der Waals surface area contributed by atoms with E-state index in [1.54, 1.807) is 4.68 Å². The molecule has 0 unspecified atom stereocenters. The lowest BCUT2D eigenvalue weighted by atomic mass is 10.2. The first-order chi connectivity index (χ1) is 12.8. The van der Waals surface area contributed by atoms with Crippen LogP contribution in [0.15, 0.2) is 41.7 Å². The number of aromatic nitrogens is 5. The van der Waals surface area contributed by atoms with Crippen molar-refractivity contribution in [3.8, 4) is 0 Å². The van der Waals surface area contributed by atoms with E-state index >= 15 is 0 Å². The van der Waals surface area contributed by atoms with Gasteiger partial charge in [0, 0.05) is 13.1 Å². The van der Waals surface area contributed by atoms with Crippen molar-refractivity contribution in [3.05, 3.63) is 42.2 Å². The molecule has 4 rings (SSSR count). The number of benzene rings is 1. The van der Waals surface area contributed by atoms with E-state index in [0.29, 0.717) is 54.8 Å². The average molecular weight is 370 g/mol. The minimum atomic E-state index is 0.0849. The molecule has 0 atom stereocenters. The first kappa shape index (κ1) is 16.9. The van der Waals surface area contributed by atoms with Gasteiger partial charge in [-0.25, -0.2) is 14.6 Å². The third-order valence-corrected chi connectivity index (χ3v) is 5.10. The van der Waals surface area contributed by atoms with Crippen molar-refractivity contribution in [1.82, 2.24) is 29.9 Å². The van der Waals surface area contributed by atoms with E-state index in [4.69, 9.17) is 4.74 Å². The lowest BCUT2D eigenvalue weighted by Gasteiger charge is -2.26. The topological polar surface area (TPSA) is 86.0 Å². The quantitative estimate of drug-likeness (QED) is 0.493. The predicted octanol–water partition coefficient (Wildman–Crippen LogP) is 1.22. The summed E-state index contributed by atoms with van der Waals surface area (Å²) < 4.78 is 7.03. The zero-order chi connectivity index (χ0) is 17.8. The summed E-state index contributed by atoms with van der Waals surface area (Å²) in [6.07, 6.45) is 1.49. The Labute approximate surface area is 154 Å². The number of hydrogen-bond acceptors (Lipinski definition) is 7. The molecule has 3 heterocycles. The predicted molar refractivity (Wildman–Crippen MR) is 96.8 cm³/mol. The summed E-state index contributed by atoms with van der Waals surface area (Å²) in [6.45, 7) is 3.08. The molecule has 8 nitrogen and oxygen atoms in total. The largest absolute Gasteiger partial charge is 0.378 e. The Morgan fingerprint density at radius 3 is 2.77 bits per heavy atom. The Kier molecular flexibility index (Phi) is 5.07. The van der Waals surface area contributed by atoms with Crippen LogP contribution in [0.4, 0.5) is 0 Å². The fourth-order valence-electron chi connectivity index (χ4n) is 2.77. The van der Waals surface area contributed by atoms with E-state index in [1.807, 2.05) is 35.2 Å². The van der Waals surface area contributed by atoms with Crippen LogP contribution in [0.2, 0.25) is 0 Å². The second-order valence-corrected chi connectivity index (χ2v) is 6.83. The van der Waals surface area contributed by atoms with Gasteiger partial charge in [0.05, 0.1) is 25.5 Å². The standard InChI is InChI=1S/C17H18N6O2S/c24-14(22-6-8-25-9-7-22)11-26-17-15-16(18-12-19-17)23(21-20-15)10-13-4-2-1-3-5-13/h1-5,12H,6-11H2. The minimum absolute atomic E-state index is 0.0849. The maximum Gasteiger partial charge on any atom is 0.233 e.